The third-order valence-corrected chi connectivity index (χ3v) is 3.50. The van der Waals surface area contributed by atoms with E-state index in [0.717, 1.165) is 13.1 Å². The van der Waals surface area contributed by atoms with E-state index < -0.39 is 17.6 Å². The Hall–Kier alpha value is -1.37. The zero-order valence-corrected chi connectivity index (χ0v) is 9.39. The highest BCUT2D eigenvalue weighted by Gasteiger charge is 2.48. The molecule has 0 aliphatic carbocycles. The highest BCUT2D eigenvalue weighted by Crippen LogP contribution is 2.38. The van der Waals surface area contributed by atoms with E-state index >= 15 is 0 Å². The standard InChI is InChI=1S/C11H11F4N3/c12-8-1-7(11(13,14)15)2-17-9(8)18-5-10(6-18)3-16-4-10/h1-2,16H,3-6H2. The van der Waals surface area contributed by atoms with Crippen LogP contribution in [0.3, 0.4) is 0 Å². The summed E-state index contributed by atoms with van der Waals surface area (Å²) in [5.74, 6) is -0.896. The minimum atomic E-state index is -4.56. The number of hydrogen-bond acceptors (Lipinski definition) is 3. The molecular formula is C11H11F4N3. The molecule has 0 aromatic carbocycles. The average Bonchev–Trinajstić information content (AvgIpc) is 2.14. The molecule has 0 unspecified atom stereocenters. The predicted octanol–water partition coefficient (Wildman–Crippen LogP) is 1.65. The lowest BCUT2D eigenvalue weighted by Gasteiger charge is -2.56. The first-order chi connectivity index (χ1) is 8.40. The van der Waals surface area contributed by atoms with Crippen LogP contribution in [-0.4, -0.2) is 31.2 Å². The molecule has 3 nitrogen and oxygen atoms in total. The molecule has 0 atom stereocenters. The van der Waals surface area contributed by atoms with Crippen LogP contribution in [0.2, 0.25) is 0 Å². The molecule has 18 heavy (non-hydrogen) atoms. The molecule has 2 saturated heterocycles. The van der Waals surface area contributed by atoms with Gasteiger partial charge in [-0.2, -0.15) is 13.2 Å². The van der Waals surface area contributed by atoms with Gasteiger partial charge in [-0.25, -0.2) is 9.37 Å². The second-order valence-corrected chi connectivity index (χ2v) is 4.99. The normalized spacial score (nSPS) is 21.7. The second kappa shape index (κ2) is 3.57. The Morgan fingerprint density at radius 2 is 1.94 bits per heavy atom. The Labute approximate surface area is 101 Å². The van der Waals surface area contributed by atoms with Crippen LogP contribution in [-0.2, 0) is 6.18 Å². The minimum absolute atomic E-state index is 0.0144. The Morgan fingerprint density at radius 1 is 1.28 bits per heavy atom. The molecule has 1 N–H and O–H groups in total. The van der Waals surface area contributed by atoms with E-state index in [1.165, 1.54) is 0 Å². The Morgan fingerprint density at radius 3 is 2.39 bits per heavy atom. The zero-order valence-electron chi connectivity index (χ0n) is 9.39. The molecule has 0 saturated carbocycles. The van der Waals surface area contributed by atoms with E-state index in [9.17, 15) is 17.6 Å². The molecule has 0 radical (unpaired) electrons. The second-order valence-electron chi connectivity index (χ2n) is 4.99. The molecule has 2 fully saturated rings. The van der Waals surface area contributed by atoms with E-state index in [2.05, 4.69) is 10.3 Å². The number of pyridine rings is 1. The van der Waals surface area contributed by atoms with Crippen LogP contribution in [0.15, 0.2) is 12.3 Å². The number of aromatic nitrogens is 1. The maximum absolute atomic E-state index is 13.6. The van der Waals surface area contributed by atoms with Crippen molar-refractivity contribution in [1.29, 1.82) is 0 Å². The van der Waals surface area contributed by atoms with Crippen molar-refractivity contribution in [3.63, 3.8) is 0 Å². The molecule has 1 spiro atoms. The molecule has 98 valence electrons. The van der Waals surface area contributed by atoms with Gasteiger partial charge in [0.1, 0.15) is 0 Å². The molecule has 2 aliphatic rings. The fraction of sp³-hybridized carbons (Fsp3) is 0.545. The minimum Gasteiger partial charge on any atom is -0.353 e. The van der Waals surface area contributed by atoms with Crippen molar-refractivity contribution in [2.24, 2.45) is 5.41 Å². The number of nitrogens with zero attached hydrogens (tertiary/aromatic N) is 2. The van der Waals surface area contributed by atoms with Crippen molar-refractivity contribution >= 4 is 5.82 Å². The van der Waals surface area contributed by atoms with E-state index in [1.807, 2.05) is 0 Å². The van der Waals surface area contributed by atoms with Crippen molar-refractivity contribution in [3.8, 4) is 0 Å². The van der Waals surface area contributed by atoms with Gasteiger partial charge in [-0.1, -0.05) is 0 Å². The van der Waals surface area contributed by atoms with Crippen LogP contribution < -0.4 is 10.2 Å². The van der Waals surface area contributed by atoms with Gasteiger partial charge in [-0.3, -0.25) is 0 Å². The molecule has 3 heterocycles. The largest absolute Gasteiger partial charge is 0.417 e. The van der Waals surface area contributed by atoms with E-state index in [0.29, 0.717) is 25.4 Å². The Kier molecular flexibility index (Phi) is 2.32. The van der Waals surface area contributed by atoms with Gasteiger partial charge in [0.25, 0.3) is 0 Å². The van der Waals surface area contributed by atoms with E-state index in [4.69, 9.17) is 0 Å². The summed E-state index contributed by atoms with van der Waals surface area (Å²) in [6.45, 7) is 3.06. The molecule has 1 aromatic heterocycles. The average molecular weight is 261 g/mol. The Balaban J connectivity index is 1.78. The van der Waals surface area contributed by atoms with Crippen molar-refractivity contribution in [1.82, 2.24) is 10.3 Å². The smallest absolute Gasteiger partial charge is 0.353 e. The first-order valence-electron chi connectivity index (χ1n) is 5.58. The Bertz CT molecular complexity index is 474. The number of hydrogen-bond donors (Lipinski definition) is 1. The van der Waals surface area contributed by atoms with Gasteiger partial charge in [-0.05, 0) is 6.07 Å². The lowest BCUT2D eigenvalue weighted by atomic mass is 9.74. The van der Waals surface area contributed by atoms with Crippen LogP contribution in [0.4, 0.5) is 23.4 Å². The van der Waals surface area contributed by atoms with Crippen LogP contribution in [0.5, 0.6) is 0 Å². The van der Waals surface area contributed by atoms with Gasteiger partial charge in [0.15, 0.2) is 11.6 Å². The third-order valence-electron chi connectivity index (χ3n) is 3.50. The fourth-order valence-electron chi connectivity index (χ4n) is 2.43. The summed E-state index contributed by atoms with van der Waals surface area (Å²) in [4.78, 5) is 5.28. The lowest BCUT2D eigenvalue weighted by Crippen LogP contribution is -2.71. The van der Waals surface area contributed by atoms with E-state index in [1.54, 1.807) is 4.90 Å². The monoisotopic (exact) mass is 261 g/mol. The SMILES string of the molecule is Fc1cc(C(F)(F)F)cnc1N1CC2(CNC2)C1. The number of halogens is 4. The zero-order chi connectivity index (χ0) is 13.0. The van der Waals surface area contributed by atoms with Crippen LogP contribution in [0, 0.1) is 11.2 Å². The van der Waals surface area contributed by atoms with Crippen LogP contribution >= 0.6 is 0 Å². The fourth-order valence-corrected chi connectivity index (χ4v) is 2.43. The first kappa shape index (κ1) is 11.7. The lowest BCUT2D eigenvalue weighted by molar-refractivity contribution is -0.138. The molecule has 3 rings (SSSR count). The molecule has 7 heteroatoms. The molecule has 0 bridgehead atoms. The van der Waals surface area contributed by atoms with Crippen molar-refractivity contribution in [2.45, 2.75) is 6.18 Å². The summed E-state index contributed by atoms with van der Waals surface area (Å²) < 4.78 is 50.7. The molecule has 0 amide bonds. The molecule has 1 aromatic rings. The van der Waals surface area contributed by atoms with Gasteiger partial charge in [0, 0.05) is 37.8 Å². The van der Waals surface area contributed by atoms with Crippen molar-refractivity contribution < 1.29 is 17.6 Å². The maximum Gasteiger partial charge on any atom is 0.417 e. The number of anilines is 1. The van der Waals surface area contributed by atoms with E-state index in [-0.39, 0.29) is 11.2 Å². The summed E-state index contributed by atoms with van der Waals surface area (Å²) in [5, 5.41) is 3.13. The number of rotatable bonds is 1. The molecule has 2 aliphatic heterocycles. The molecular weight excluding hydrogens is 250 g/mol. The van der Waals surface area contributed by atoms with Gasteiger partial charge < -0.3 is 10.2 Å². The topological polar surface area (TPSA) is 28.2 Å². The summed E-state index contributed by atoms with van der Waals surface area (Å²) in [5.41, 5.74) is -0.874. The summed E-state index contributed by atoms with van der Waals surface area (Å²) in [6, 6.07) is 0.506. The first-order valence-corrected chi connectivity index (χ1v) is 5.58. The van der Waals surface area contributed by atoms with Crippen LogP contribution in [0.25, 0.3) is 0 Å². The van der Waals surface area contributed by atoms with Gasteiger partial charge >= 0.3 is 6.18 Å². The highest BCUT2D eigenvalue weighted by molar-refractivity contribution is 5.46. The summed E-state index contributed by atoms with van der Waals surface area (Å²) >= 11 is 0. The quantitative estimate of drug-likeness (QED) is 0.779. The maximum atomic E-state index is 13.6. The summed E-state index contributed by atoms with van der Waals surface area (Å²) in [7, 11) is 0. The van der Waals surface area contributed by atoms with Crippen LogP contribution in [0.1, 0.15) is 5.56 Å². The van der Waals surface area contributed by atoms with Crippen molar-refractivity contribution in [2.75, 3.05) is 31.1 Å². The predicted molar refractivity (Wildman–Crippen MR) is 56.7 cm³/mol. The number of alkyl halides is 3. The number of nitrogens with one attached hydrogen (secondary N) is 1. The van der Waals surface area contributed by atoms with Gasteiger partial charge in [0.2, 0.25) is 0 Å². The summed E-state index contributed by atoms with van der Waals surface area (Å²) in [6.07, 6.45) is -3.87. The third kappa shape index (κ3) is 1.73. The highest BCUT2D eigenvalue weighted by atomic mass is 19.4. The van der Waals surface area contributed by atoms with Gasteiger partial charge in [0.05, 0.1) is 5.56 Å². The van der Waals surface area contributed by atoms with Crippen molar-refractivity contribution in [3.05, 3.63) is 23.6 Å². The van der Waals surface area contributed by atoms with Gasteiger partial charge in [-0.15, -0.1) is 0 Å².